The third-order valence-electron chi connectivity index (χ3n) is 7.46. The molecule has 0 fully saturated rings. The van der Waals surface area contributed by atoms with Crippen LogP contribution in [0.1, 0.15) is 13.8 Å². The van der Waals surface area contributed by atoms with E-state index in [1.54, 1.807) is 36.4 Å². The van der Waals surface area contributed by atoms with Crippen LogP contribution in [0.4, 0.5) is 5.69 Å². The monoisotopic (exact) mass is 543 g/mol. The average molecular weight is 544 g/mol. The summed E-state index contributed by atoms with van der Waals surface area (Å²) >= 11 is 0. The van der Waals surface area contributed by atoms with E-state index in [0.29, 0.717) is 45.3 Å². The predicted molar refractivity (Wildman–Crippen MR) is 160 cm³/mol. The maximum Gasteiger partial charge on any atom is 0.347 e. The van der Waals surface area contributed by atoms with Crippen molar-refractivity contribution in [2.45, 2.75) is 13.8 Å². The molecule has 0 aliphatic heterocycles. The number of anilines is 1. The number of furan rings is 2. The van der Waals surface area contributed by atoms with Crippen molar-refractivity contribution >= 4 is 38.4 Å². The first-order chi connectivity index (χ1) is 20.0. The van der Waals surface area contributed by atoms with Gasteiger partial charge >= 0.3 is 11.3 Å². The number of nitrogens with zero attached hydrogens (tertiary/aromatic N) is 1. The Labute approximate surface area is 233 Å². The van der Waals surface area contributed by atoms with Gasteiger partial charge in [0.2, 0.25) is 0 Å². The number of rotatable bonds is 6. The molecule has 7 nitrogen and oxygen atoms in total. The molecular weight excluding hydrogens is 518 g/mol. The fraction of sp³-hybridized carbons (Fsp3) is 0.118. The molecule has 4 aromatic heterocycles. The van der Waals surface area contributed by atoms with Gasteiger partial charge in [0.1, 0.15) is 33.8 Å². The van der Waals surface area contributed by atoms with Crippen molar-refractivity contribution in [3.05, 3.63) is 112 Å². The van der Waals surface area contributed by atoms with E-state index < -0.39 is 11.3 Å². The van der Waals surface area contributed by atoms with Gasteiger partial charge in [-0.3, -0.25) is 0 Å². The Balaban J connectivity index is 1.22. The zero-order chi connectivity index (χ0) is 28.1. The molecule has 3 aromatic carbocycles. The highest BCUT2D eigenvalue weighted by atomic mass is 16.4. The number of hydrogen-bond donors (Lipinski definition) is 0. The van der Waals surface area contributed by atoms with E-state index in [0.717, 1.165) is 40.3 Å². The number of benzene rings is 3. The van der Waals surface area contributed by atoms with Crippen LogP contribution < -0.4 is 16.2 Å². The van der Waals surface area contributed by atoms with Gasteiger partial charge in [-0.2, -0.15) is 0 Å². The summed E-state index contributed by atoms with van der Waals surface area (Å²) in [5.74, 6) is 1.55. The first-order valence-corrected chi connectivity index (χ1v) is 13.5. The van der Waals surface area contributed by atoms with Crippen LogP contribution in [0.3, 0.4) is 0 Å². The summed E-state index contributed by atoms with van der Waals surface area (Å²) in [6, 6.07) is 27.9. The van der Waals surface area contributed by atoms with Crippen LogP contribution in [0.15, 0.2) is 118 Å². The molecule has 7 rings (SSSR count). The van der Waals surface area contributed by atoms with E-state index >= 15 is 0 Å². The van der Waals surface area contributed by atoms with Gasteiger partial charge in [-0.05, 0) is 67.8 Å². The highest BCUT2D eigenvalue weighted by Gasteiger charge is 2.18. The van der Waals surface area contributed by atoms with E-state index in [9.17, 15) is 9.59 Å². The van der Waals surface area contributed by atoms with Gasteiger partial charge in [0.15, 0.2) is 11.5 Å². The van der Waals surface area contributed by atoms with E-state index in [1.165, 1.54) is 0 Å². The highest BCUT2D eigenvalue weighted by molar-refractivity contribution is 6.04. The number of hydrogen-bond acceptors (Lipinski definition) is 7. The van der Waals surface area contributed by atoms with Crippen molar-refractivity contribution in [2.24, 2.45) is 0 Å². The van der Waals surface area contributed by atoms with Gasteiger partial charge < -0.3 is 22.6 Å². The molecule has 0 spiro atoms. The highest BCUT2D eigenvalue weighted by Crippen LogP contribution is 2.34. The fourth-order valence-corrected chi connectivity index (χ4v) is 5.31. The standard InChI is InChI=1S/C34H25NO6/c1-3-35(4-2)23-12-11-21-17-25(33(36)40-31(21)19-23)27-13-15-29(38-27)30-16-14-28(39-30)26-18-22-10-9-20-7-5-6-8-24(20)32(22)41-34(26)37/h5-19H,3-4H2,1-2H3. The van der Waals surface area contributed by atoms with E-state index in [-0.39, 0.29) is 0 Å². The summed E-state index contributed by atoms with van der Waals surface area (Å²) in [5, 5.41) is 3.46. The summed E-state index contributed by atoms with van der Waals surface area (Å²) in [6.45, 7) is 5.89. The van der Waals surface area contributed by atoms with Gasteiger partial charge in [0.05, 0.1) is 0 Å². The lowest BCUT2D eigenvalue weighted by atomic mass is 10.1. The van der Waals surface area contributed by atoms with Gasteiger partial charge in [-0.15, -0.1) is 0 Å². The molecule has 0 saturated heterocycles. The first-order valence-electron chi connectivity index (χ1n) is 13.5. The van der Waals surface area contributed by atoms with Crippen molar-refractivity contribution in [3.8, 4) is 34.2 Å². The van der Waals surface area contributed by atoms with Crippen LogP contribution in [-0.4, -0.2) is 13.1 Å². The Morgan fingerprint density at radius 3 is 1.85 bits per heavy atom. The lowest BCUT2D eigenvalue weighted by Crippen LogP contribution is -2.21. The van der Waals surface area contributed by atoms with Crippen LogP contribution >= 0.6 is 0 Å². The molecule has 0 aliphatic carbocycles. The average Bonchev–Trinajstić information content (AvgIpc) is 3.68. The van der Waals surface area contributed by atoms with Crippen molar-refractivity contribution in [3.63, 3.8) is 0 Å². The third-order valence-corrected chi connectivity index (χ3v) is 7.46. The van der Waals surface area contributed by atoms with E-state index in [1.807, 2.05) is 54.6 Å². The molecule has 4 heterocycles. The molecular formula is C34H25NO6. The molecule has 7 heteroatoms. The van der Waals surface area contributed by atoms with Crippen LogP contribution in [0, 0.1) is 0 Å². The summed E-state index contributed by atoms with van der Waals surface area (Å²) in [5.41, 5.74) is 1.70. The minimum Gasteiger partial charge on any atom is -0.453 e. The molecule has 0 saturated carbocycles. The quantitative estimate of drug-likeness (QED) is 0.155. The van der Waals surface area contributed by atoms with Crippen LogP contribution in [0.25, 0.3) is 66.9 Å². The minimum atomic E-state index is -0.493. The second-order valence-corrected chi connectivity index (χ2v) is 9.82. The minimum absolute atomic E-state index is 0.310. The van der Waals surface area contributed by atoms with Crippen molar-refractivity contribution in [1.82, 2.24) is 0 Å². The van der Waals surface area contributed by atoms with Crippen molar-refractivity contribution < 1.29 is 17.7 Å². The Hall–Kier alpha value is -5.30. The molecule has 202 valence electrons. The summed E-state index contributed by atoms with van der Waals surface area (Å²) in [7, 11) is 0. The molecule has 0 N–H and O–H groups in total. The lowest BCUT2D eigenvalue weighted by molar-refractivity contribution is 0.525. The van der Waals surface area contributed by atoms with E-state index in [4.69, 9.17) is 17.7 Å². The van der Waals surface area contributed by atoms with E-state index in [2.05, 4.69) is 18.7 Å². The zero-order valence-corrected chi connectivity index (χ0v) is 22.5. The summed E-state index contributed by atoms with van der Waals surface area (Å²) in [6.07, 6.45) is 0. The van der Waals surface area contributed by atoms with Gasteiger partial charge in [-0.1, -0.05) is 36.4 Å². The predicted octanol–water partition coefficient (Wildman–Crippen LogP) is 8.09. The molecule has 7 aromatic rings. The first kappa shape index (κ1) is 24.7. The Morgan fingerprint density at radius 1 is 0.561 bits per heavy atom. The van der Waals surface area contributed by atoms with Gasteiger partial charge in [0.25, 0.3) is 0 Å². The van der Waals surface area contributed by atoms with Crippen molar-refractivity contribution in [2.75, 3.05) is 18.0 Å². The van der Waals surface area contributed by atoms with Crippen LogP contribution in [0.2, 0.25) is 0 Å². The Kier molecular flexibility index (Phi) is 5.86. The molecule has 41 heavy (non-hydrogen) atoms. The maximum absolute atomic E-state index is 13.0. The summed E-state index contributed by atoms with van der Waals surface area (Å²) < 4.78 is 23.4. The molecule has 0 atom stereocenters. The van der Waals surface area contributed by atoms with Crippen molar-refractivity contribution in [1.29, 1.82) is 0 Å². The second-order valence-electron chi connectivity index (χ2n) is 9.82. The Bertz CT molecular complexity index is 2190. The fourth-order valence-electron chi connectivity index (χ4n) is 5.31. The van der Waals surface area contributed by atoms with Crippen LogP contribution in [0.5, 0.6) is 0 Å². The third kappa shape index (κ3) is 4.23. The maximum atomic E-state index is 13.0. The topological polar surface area (TPSA) is 89.9 Å². The zero-order valence-electron chi connectivity index (χ0n) is 22.5. The van der Waals surface area contributed by atoms with Crippen LogP contribution in [-0.2, 0) is 0 Å². The molecule has 0 amide bonds. The molecule has 0 unspecified atom stereocenters. The number of fused-ring (bicyclic) bond motifs is 4. The van der Waals surface area contributed by atoms with Gasteiger partial charge in [0, 0.05) is 41.0 Å². The Morgan fingerprint density at radius 2 is 1.15 bits per heavy atom. The largest absolute Gasteiger partial charge is 0.453 e. The van der Waals surface area contributed by atoms with Gasteiger partial charge in [-0.25, -0.2) is 9.59 Å². The normalized spacial score (nSPS) is 11.6. The SMILES string of the molecule is CCN(CC)c1ccc2cc(-c3ccc(-c4ccc(-c5cc6ccc7ccccc7c6oc5=O)o4)o3)c(=O)oc2c1. The molecule has 0 aliphatic rings. The summed E-state index contributed by atoms with van der Waals surface area (Å²) in [4.78, 5) is 28.0. The molecule has 0 radical (unpaired) electrons. The lowest BCUT2D eigenvalue weighted by Gasteiger charge is -2.20. The molecule has 0 bridgehead atoms. The smallest absolute Gasteiger partial charge is 0.347 e. The second kappa shape index (κ2) is 9.71.